The standard InChI is InChI=1S/C44H46ClFN8O5/c1-27-22-44(26-53(27)31-5-7-36(47-2)34(45)21-31)11-13-50(14-12-44)37-8-3-29(19-35(37)46)41(57)51-17-15-49(16-18-51)23-28-24-52(25-28)30-4-6-32-33(20-30)43(59)54(42(32)58)38-9-10-39(55)48-40(38)56/h3-8,19-21,27-28,38H,9-18,22-26H2,1H3,(H,48,55,56)/t27-,38?/m0/s1. The summed E-state index contributed by atoms with van der Waals surface area (Å²) in [4.78, 5) is 79.2. The average molecular weight is 821 g/mol. The summed E-state index contributed by atoms with van der Waals surface area (Å²) in [5, 5.41) is 2.70. The summed E-state index contributed by atoms with van der Waals surface area (Å²) >= 11 is 6.36. The van der Waals surface area contributed by atoms with E-state index >= 15 is 4.39 Å². The lowest BCUT2D eigenvalue weighted by atomic mass is 9.76. The molecule has 3 aromatic carbocycles. The number of fused-ring (bicyclic) bond motifs is 1. The number of halogens is 2. The zero-order valence-corrected chi connectivity index (χ0v) is 33.7. The monoisotopic (exact) mass is 820 g/mol. The Labute approximate surface area is 347 Å². The van der Waals surface area contributed by atoms with Gasteiger partial charge < -0.3 is 19.6 Å². The Hall–Kier alpha value is -5.52. The number of piperazine rings is 1. The summed E-state index contributed by atoms with van der Waals surface area (Å²) in [5.74, 6) is -2.20. The number of piperidine rings is 2. The van der Waals surface area contributed by atoms with Gasteiger partial charge in [0, 0.05) is 106 Å². The number of amides is 5. The van der Waals surface area contributed by atoms with Crippen LogP contribution < -0.4 is 20.0 Å². The topological polar surface area (TPSA) is 121 Å². The van der Waals surface area contributed by atoms with Crippen LogP contribution in [-0.4, -0.2) is 122 Å². The Bertz CT molecular complexity index is 2290. The van der Waals surface area contributed by atoms with E-state index in [0.717, 1.165) is 87.9 Å². The normalized spacial score (nSPS) is 23.5. The zero-order valence-electron chi connectivity index (χ0n) is 33.0. The van der Waals surface area contributed by atoms with Crippen LogP contribution in [0.15, 0.2) is 54.6 Å². The minimum atomic E-state index is -0.993. The maximum Gasteiger partial charge on any atom is 0.262 e. The third-order valence-corrected chi connectivity index (χ3v) is 13.7. The first-order valence-corrected chi connectivity index (χ1v) is 20.9. The fourth-order valence-corrected chi connectivity index (χ4v) is 10.4. The van der Waals surface area contributed by atoms with Gasteiger partial charge in [-0.3, -0.25) is 39.1 Å². The van der Waals surface area contributed by atoms with Crippen LogP contribution in [0.2, 0.25) is 5.02 Å². The second-order valence-electron chi connectivity index (χ2n) is 17.1. The smallest absolute Gasteiger partial charge is 0.262 e. The van der Waals surface area contributed by atoms with E-state index in [0.29, 0.717) is 47.0 Å². The Morgan fingerprint density at radius 3 is 2.32 bits per heavy atom. The van der Waals surface area contributed by atoms with Crippen molar-refractivity contribution in [3.05, 3.63) is 93.5 Å². The van der Waals surface area contributed by atoms with Crippen LogP contribution in [0.4, 0.5) is 27.1 Å². The van der Waals surface area contributed by atoms with Gasteiger partial charge in [0.05, 0.1) is 23.4 Å². The third kappa shape index (κ3) is 7.18. The van der Waals surface area contributed by atoms with E-state index < -0.39 is 29.7 Å². The van der Waals surface area contributed by atoms with Gasteiger partial charge in [0.2, 0.25) is 17.5 Å². The van der Waals surface area contributed by atoms with Gasteiger partial charge in [0.15, 0.2) is 0 Å². The first-order valence-electron chi connectivity index (χ1n) is 20.5. The van der Waals surface area contributed by atoms with Crippen molar-refractivity contribution in [2.24, 2.45) is 11.3 Å². The Morgan fingerprint density at radius 2 is 1.63 bits per heavy atom. The highest BCUT2D eigenvalue weighted by Gasteiger charge is 2.46. The lowest BCUT2D eigenvalue weighted by Gasteiger charge is -2.45. The van der Waals surface area contributed by atoms with Crippen LogP contribution in [0.25, 0.3) is 4.85 Å². The summed E-state index contributed by atoms with van der Waals surface area (Å²) in [7, 11) is 0. The summed E-state index contributed by atoms with van der Waals surface area (Å²) in [6.45, 7) is 16.9. The van der Waals surface area contributed by atoms with Gasteiger partial charge in [0.1, 0.15) is 11.9 Å². The van der Waals surface area contributed by atoms with Gasteiger partial charge in [-0.2, -0.15) is 0 Å². The largest absolute Gasteiger partial charge is 0.371 e. The van der Waals surface area contributed by atoms with Crippen molar-refractivity contribution in [2.45, 2.75) is 51.1 Å². The van der Waals surface area contributed by atoms with Crippen LogP contribution >= 0.6 is 11.6 Å². The molecule has 9 rings (SSSR count). The highest BCUT2D eigenvalue weighted by Crippen LogP contribution is 2.46. The number of hydrogen-bond donors (Lipinski definition) is 1. The van der Waals surface area contributed by atoms with Crippen molar-refractivity contribution >= 4 is 63.9 Å². The second kappa shape index (κ2) is 15.3. The molecule has 5 amide bonds. The molecule has 59 heavy (non-hydrogen) atoms. The van der Waals surface area contributed by atoms with Gasteiger partial charge >= 0.3 is 0 Å². The number of benzene rings is 3. The first-order chi connectivity index (χ1) is 28.4. The molecule has 6 aliphatic rings. The van der Waals surface area contributed by atoms with Crippen LogP contribution in [-0.2, 0) is 9.59 Å². The number of nitrogens with one attached hydrogen (secondary N) is 1. The molecule has 1 N–H and O–H groups in total. The second-order valence-corrected chi connectivity index (χ2v) is 17.5. The molecule has 0 aromatic heterocycles. The number of imide groups is 2. The quantitative estimate of drug-likeness (QED) is 0.253. The van der Waals surface area contributed by atoms with Gasteiger partial charge in [-0.05, 0) is 86.6 Å². The van der Waals surface area contributed by atoms with E-state index in [-0.39, 0.29) is 41.1 Å². The Balaban J connectivity index is 0.734. The van der Waals surface area contributed by atoms with E-state index in [1.807, 2.05) is 18.2 Å². The van der Waals surface area contributed by atoms with E-state index in [4.69, 9.17) is 18.2 Å². The molecular formula is C44H46ClFN8O5. The molecule has 0 saturated carbocycles. The molecule has 0 bridgehead atoms. The summed E-state index contributed by atoms with van der Waals surface area (Å²) in [5.41, 5.74) is 3.90. The van der Waals surface area contributed by atoms with Crippen molar-refractivity contribution in [3.8, 4) is 0 Å². The zero-order chi connectivity index (χ0) is 41.2. The minimum Gasteiger partial charge on any atom is -0.371 e. The van der Waals surface area contributed by atoms with Crippen molar-refractivity contribution in [3.63, 3.8) is 0 Å². The molecule has 1 spiro atoms. The maximum atomic E-state index is 15.7. The number of carbonyl (C=O) groups excluding carboxylic acids is 5. The number of carbonyl (C=O) groups is 5. The van der Waals surface area contributed by atoms with Gasteiger partial charge in [-0.15, -0.1) is 0 Å². The number of rotatable bonds is 7. The predicted molar refractivity (Wildman–Crippen MR) is 221 cm³/mol. The Kier molecular flexibility index (Phi) is 10.1. The van der Waals surface area contributed by atoms with Crippen LogP contribution in [0.3, 0.4) is 0 Å². The first kappa shape index (κ1) is 39.0. The highest BCUT2D eigenvalue weighted by atomic mass is 35.5. The van der Waals surface area contributed by atoms with Gasteiger partial charge in [-0.1, -0.05) is 17.7 Å². The molecule has 1 unspecified atom stereocenters. The molecule has 15 heteroatoms. The van der Waals surface area contributed by atoms with Crippen LogP contribution in [0, 0.1) is 23.7 Å². The van der Waals surface area contributed by atoms with Crippen molar-refractivity contribution in [1.29, 1.82) is 0 Å². The molecule has 6 aliphatic heterocycles. The molecule has 13 nitrogen and oxygen atoms in total. The molecule has 0 aliphatic carbocycles. The average Bonchev–Trinajstić information content (AvgIpc) is 3.67. The molecule has 2 atom stereocenters. The van der Waals surface area contributed by atoms with Gasteiger partial charge in [-0.25, -0.2) is 9.24 Å². The van der Waals surface area contributed by atoms with Gasteiger partial charge in [0.25, 0.3) is 17.7 Å². The maximum absolute atomic E-state index is 15.7. The molecule has 306 valence electrons. The fourth-order valence-electron chi connectivity index (χ4n) is 10.1. The lowest BCUT2D eigenvalue weighted by Crippen LogP contribution is -2.55. The van der Waals surface area contributed by atoms with Crippen LogP contribution in [0.1, 0.15) is 70.1 Å². The number of anilines is 3. The van der Waals surface area contributed by atoms with Crippen molar-refractivity contribution in [2.75, 3.05) is 80.1 Å². The molecular weight excluding hydrogens is 775 g/mol. The lowest BCUT2D eigenvalue weighted by molar-refractivity contribution is -0.136. The molecule has 3 aromatic rings. The summed E-state index contributed by atoms with van der Waals surface area (Å²) in [6.07, 6.45) is 3.12. The predicted octanol–water partition coefficient (Wildman–Crippen LogP) is 5.21. The molecule has 0 radical (unpaired) electrons. The molecule has 6 heterocycles. The van der Waals surface area contributed by atoms with E-state index in [1.165, 1.54) is 6.07 Å². The third-order valence-electron chi connectivity index (χ3n) is 13.4. The highest BCUT2D eigenvalue weighted by molar-refractivity contribution is 6.33. The molecule has 5 fully saturated rings. The molecule has 5 saturated heterocycles. The van der Waals surface area contributed by atoms with E-state index in [1.54, 1.807) is 35.2 Å². The van der Waals surface area contributed by atoms with E-state index in [9.17, 15) is 24.0 Å². The Morgan fingerprint density at radius 1 is 0.898 bits per heavy atom. The van der Waals surface area contributed by atoms with E-state index in [2.05, 4.69) is 36.7 Å². The summed E-state index contributed by atoms with van der Waals surface area (Å²) < 4.78 is 15.7. The summed E-state index contributed by atoms with van der Waals surface area (Å²) in [6, 6.07) is 15.1. The minimum absolute atomic E-state index is 0.0752. The van der Waals surface area contributed by atoms with Crippen LogP contribution in [0.5, 0.6) is 0 Å². The SMILES string of the molecule is [C-]#[N+]c1ccc(N2CC3(CCN(c4ccc(C(=O)N5CCN(CC6CN(c7ccc8c(c7)C(=O)N(C7CCC(=O)NC7=O)C8=O)C6)CC5)cc4F)CC3)C[C@@H]2C)cc1Cl. The van der Waals surface area contributed by atoms with Crippen molar-refractivity contribution < 1.29 is 28.4 Å². The fraction of sp³-hybridized carbons (Fsp3) is 0.455. The number of nitrogens with zero attached hydrogens (tertiary/aromatic N) is 7. The number of hydrogen-bond acceptors (Lipinski definition) is 9. The van der Waals surface area contributed by atoms with Crippen molar-refractivity contribution in [1.82, 2.24) is 20.0 Å².